The molecule has 0 bridgehead atoms. The first kappa shape index (κ1) is 16.5. The Labute approximate surface area is 152 Å². The zero-order valence-electron chi connectivity index (χ0n) is 14.4. The van der Waals surface area contributed by atoms with E-state index in [1.54, 1.807) is 48.5 Å². The van der Waals surface area contributed by atoms with E-state index in [1.165, 1.54) is 4.90 Å². The van der Waals surface area contributed by atoms with Gasteiger partial charge in [0, 0.05) is 11.3 Å². The highest BCUT2D eigenvalue weighted by Crippen LogP contribution is 2.40. The lowest BCUT2D eigenvalue weighted by molar-refractivity contribution is -0.122. The summed E-state index contributed by atoms with van der Waals surface area (Å²) in [7, 11) is 0. The van der Waals surface area contributed by atoms with Crippen molar-refractivity contribution in [3.8, 4) is 0 Å². The number of anilines is 2. The van der Waals surface area contributed by atoms with Crippen LogP contribution in [0.4, 0.5) is 11.4 Å². The highest BCUT2D eigenvalue weighted by molar-refractivity contribution is 6.22. The molecule has 4 rings (SSSR count). The molecule has 1 aliphatic carbocycles. The summed E-state index contributed by atoms with van der Waals surface area (Å²) in [5.41, 5.74) is 1.64. The van der Waals surface area contributed by atoms with Gasteiger partial charge in [-0.25, -0.2) is 4.90 Å². The molecule has 2 aliphatic rings. The molecule has 2 fully saturated rings. The second-order valence-electron chi connectivity index (χ2n) is 6.88. The highest BCUT2D eigenvalue weighted by atomic mass is 16.2. The molecular formula is C21H20N2O3. The normalized spacial score (nSPS) is 22.2. The second kappa shape index (κ2) is 6.75. The van der Waals surface area contributed by atoms with Gasteiger partial charge < -0.3 is 5.32 Å². The molecule has 0 radical (unpaired) electrons. The number of nitrogens with zero attached hydrogens (tertiary/aromatic N) is 1. The zero-order valence-corrected chi connectivity index (χ0v) is 14.4. The van der Waals surface area contributed by atoms with Crippen LogP contribution in [0.15, 0.2) is 54.6 Å². The van der Waals surface area contributed by atoms with Crippen LogP contribution in [0, 0.1) is 11.8 Å². The molecule has 0 unspecified atom stereocenters. The van der Waals surface area contributed by atoms with Crippen LogP contribution in [0.5, 0.6) is 0 Å². The molecule has 2 aromatic rings. The van der Waals surface area contributed by atoms with Gasteiger partial charge in [-0.05, 0) is 43.2 Å². The summed E-state index contributed by atoms with van der Waals surface area (Å²) >= 11 is 0. The number of imide groups is 1. The number of amides is 3. The first-order chi connectivity index (χ1) is 12.6. The standard InChI is InChI=1S/C21H20N2O3/c24-19(14-7-2-1-3-8-14)22-15-9-6-10-16(13-15)23-20(25)17-11-4-5-12-18(17)21(23)26/h1-3,6-10,13,17-18H,4-5,11-12H2,(H,22,24)/t17-,18-/m0/s1. The molecule has 26 heavy (non-hydrogen) atoms. The van der Waals surface area contributed by atoms with Crippen LogP contribution in [0.2, 0.25) is 0 Å². The van der Waals surface area contributed by atoms with Crippen LogP contribution < -0.4 is 10.2 Å². The molecule has 5 heteroatoms. The number of hydrogen-bond acceptors (Lipinski definition) is 3. The third kappa shape index (κ3) is 2.90. The molecule has 5 nitrogen and oxygen atoms in total. The van der Waals surface area contributed by atoms with Crippen molar-refractivity contribution in [1.29, 1.82) is 0 Å². The van der Waals surface area contributed by atoms with E-state index in [0.29, 0.717) is 16.9 Å². The maximum atomic E-state index is 12.7. The van der Waals surface area contributed by atoms with Gasteiger partial charge in [-0.15, -0.1) is 0 Å². The van der Waals surface area contributed by atoms with Crippen molar-refractivity contribution in [2.45, 2.75) is 25.7 Å². The van der Waals surface area contributed by atoms with E-state index < -0.39 is 0 Å². The lowest BCUT2D eigenvalue weighted by atomic mass is 9.81. The Morgan fingerprint density at radius 2 is 1.54 bits per heavy atom. The van der Waals surface area contributed by atoms with Crippen LogP contribution in [0.3, 0.4) is 0 Å². The highest BCUT2D eigenvalue weighted by Gasteiger charge is 2.48. The van der Waals surface area contributed by atoms with Gasteiger partial charge in [0.2, 0.25) is 11.8 Å². The number of carbonyl (C=O) groups excluding carboxylic acids is 3. The van der Waals surface area contributed by atoms with Gasteiger partial charge in [-0.1, -0.05) is 37.1 Å². The maximum absolute atomic E-state index is 12.7. The Morgan fingerprint density at radius 1 is 0.885 bits per heavy atom. The van der Waals surface area contributed by atoms with Crippen LogP contribution in [0.25, 0.3) is 0 Å². The van der Waals surface area contributed by atoms with Crippen molar-refractivity contribution in [1.82, 2.24) is 0 Å². The summed E-state index contributed by atoms with van der Waals surface area (Å²) in [4.78, 5) is 39.1. The van der Waals surface area contributed by atoms with E-state index in [0.717, 1.165) is 25.7 Å². The predicted molar refractivity (Wildman–Crippen MR) is 98.8 cm³/mol. The Balaban J connectivity index is 1.57. The van der Waals surface area contributed by atoms with Gasteiger partial charge in [-0.3, -0.25) is 14.4 Å². The van der Waals surface area contributed by atoms with Gasteiger partial charge in [0.25, 0.3) is 5.91 Å². The monoisotopic (exact) mass is 348 g/mol. The van der Waals surface area contributed by atoms with Crippen molar-refractivity contribution < 1.29 is 14.4 Å². The summed E-state index contributed by atoms with van der Waals surface area (Å²) in [6.45, 7) is 0. The minimum atomic E-state index is -0.226. The molecule has 1 saturated heterocycles. The summed E-state index contributed by atoms with van der Waals surface area (Å²) in [6, 6.07) is 15.8. The smallest absolute Gasteiger partial charge is 0.255 e. The van der Waals surface area contributed by atoms with Gasteiger partial charge in [0.15, 0.2) is 0 Å². The van der Waals surface area contributed by atoms with E-state index in [4.69, 9.17) is 0 Å². The van der Waals surface area contributed by atoms with E-state index in [9.17, 15) is 14.4 Å². The predicted octanol–water partition coefficient (Wildman–Crippen LogP) is 3.62. The number of fused-ring (bicyclic) bond motifs is 1. The number of nitrogens with one attached hydrogen (secondary N) is 1. The third-order valence-electron chi connectivity index (χ3n) is 5.24. The molecular weight excluding hydrogens is 328 g/mol. The zero-order chi connectivity index (χ0) is 18.1. The Hall–Kier alpha value is -2.95. The van der Waals surface area contributed by atoms with E-state index in [2.05, 4.69) is 5.32 Å². The molecule has 0 spiro atoms. The summed E-state index contributed by atoms with van der Waals surface area (Å²) in [5.74, 6) is -0.800. The topological polar surface area (TPSA) is 66.5 Å². The fourth-order valence-corrected chi connectivity index (χ4v) is 3.93. The van der Waals surface area contributed by atoms with E-state index >= 15 is 0 Å². The van der Waals surface area contributed by atoms with E-state index in [-0.39, 0.29) is 29.6 Å². The molecule has 0 aromatic heterocycles. The number of rotatable bonds is 3. The minimum absolute atomic E-state index is 0.105. The molecule has 2 atom stereocenters. The average Bonchev–Trinajstić information content (AvgIpc) is 2.94. The largest absolute Gasteiger partial charge is 0.322 e. The molecule has 3 amide bonds. The third-order valence-corrected chi connectivity index (χ3v) is 5.24. The molecule has 1 N–H and O–H groups in total. The van der Waals surface area contributed by atoms with Gasteiger partial charge in [0.1, 0.15) is 0 Å². The molecule has 1 heterocycles. The molecule has 1 saturated carbocycles. The van der Waals surface area contributed by atoms with Gasteiger partial charge in [0.05, 0.1) is 17.5 Å². The second-order valence-corrected chi connectivity index (χ2v) is 6.88. The fourth-order valence-electron chi connectivity index (χ4n) is 3.93. The first-order valence-corrected chi connectivity index (χ1v) is 8.99. The van der Waals surface area contributed by atoms with Crippen LogP contribution >= 0.6 is 0 Å². The first-order valence-electron chi connectivity index (χ1n) is 8.99. The van der Waals surface area contributed by atoms with Crippen molar-refractivity contribution in [3.63, 3.8) is 0 Å². The number of benzene rings is 2. The molecule has 132 valence electrons. The van der Waals surface area contributed by atoms with Crippen molar-refractivity contribution >= 4 is 29.1 Å². The summed E-state index contributed by atoms with van der Waals surface area (Å²) in [6.07, 6.45) is 3.58. The molecule has 1 aliphatic heterocycles. The van der Waals surface area contributed by atoms with Crippen LogP contribution in [0.1, 0.15) is 36.0 Å². The average molecular weight is 348 g/mol. The SMILES string of the molecule is O=C(Nc1cccc(N2C(=O)[C@H]3CCCC[C@@H]3C2=O)c1)c1ccccc1. The van der Waals surface area contributed by atoms with Gasteiger partial charge in [-0.2, -0.15) is 0 Å². The number of carbonyl (C=O) groups is 3. The number of hydrogen-bond donors (Lipinski definition) is 1. The quantitative estimate of drug-likeness (QED) is 0.862. The van der Waals surface area contributed by atoms with Crippen LogP contribution in [-0.2, 0) is 9.59 Å². The van der Waals surface area contributed by atoms with E-state index in [1.807, 2.05) is 6.07 Å². The van der Waals surface area contributed by atoms with Crippen molar-refractivity contribution in [3.05, 3.63) is 60.2 Å². The van der Waals surface area contributed by atoms with Crippen LogP contribution in [-0.4, -0.2) is 17.7 Å². The molecule has 2 aromatic carbocycles. The van der Waals surface area contributed by atoms with Crippen molar-refractivity contribution in [2.75, 3.05) is 10.2 Å². The minimum Gasteiger partial charge on any atom is -0.322 e. The summed E-state index contributed by atoms with van der Waals surface area (Å²) < 4.78 is 0. The lowest BCUT2D eigenvalue weighted by Gasteiger charge is -2.19. The Kier molecular flexibility index (Phi) is 4.29. The maximum Gasteiger partial charge on any atom is 0.255 e. The summed E-state index contributed by atoms with van der Waals surface area (Å²) in [5, 5.41) is 2.83. The lowest BCUT2D eigenvalue weighted by Crippen LogP contribution is -2.30. The fraction of sp³-hybridized carbons (Fsp3) is 0.286. The van der Waals surface area contributed by atoms with Gasteiger partial charge >= 0.3 is 0 Å². The Bertz CT molecular complexity index is 839. The van der Waals surface area contributed by atoms with Crippen molar-refractivity contribution in [2.24, 2.45) is 11.8 Å². The Morgan fingerprint density at radius 3 is 2.19 bits per heavy atom.